The van der Waals surface area contributed by atoms with Crippen molar-refractivity contribution in [3.05, 3.63) is 337 Å². The van der Waals surface area contributed by atoms with Crippen molar-refractivity contribution in [1.82, 2.24) is 29.2 Å². The Balaban J connectivity index is 0.000000167. The molecule has 0 aliphatic rings. The SMILES string of the molecule is C=CB(OCCCC)OCCCC.C=Cc1cc(OC)c(-n2c(=O)ccc3cc(S(=O)(=O)N(Cc4ccc(OC)cc4)c4ccon4)ccc32)cc1F.COc1ccc(CN(c2ccon2)S(=O)(=O)c2ccc3c(ccc(=O)n3-c3cc(F)c(Br)cc3OC)c2)cc1.COc1ccc(CN(c2ccon2)S(=O)(=O)c2ccc3c(ccc(=O)n3-c3cc(F)c(C=O)cc3OC)c2)cc1. The van der Waals surface area contributed by atoms with Crippen molar-refractivity contribution in [3.8, 4) is 51.6 Å². The van der Waals surface area contributed by atoms with E-state index in [-0.39, 0.29) is 109 Å². The lowest BCUT2D eigenvalue weighted by Crippen LogP contribution is -2.31. The minimum Gasteiger partial charge on any atom is -0.497 e. The molecule has 9 aromatic carbocycles. The molecule has 684 valence electrons. The fraction of sp³-hybridized carbons (Fsp3) is 0.181. The van der Waals surface area contributed by atoms with Crippen LogP contribution >= 0.6 is 15.9 Å². The maximum absolute atomic E-state index is 14.7. The lowest BCUT2D eigenvalue weighted by Gasteiger charge is -2.22. The fourth-order valence-corrected chi connectivity index (χ4v) is 18.2. The quantitative estimate of drug-likeness (QED) is 0.0202. The first-order valence-corrected chi connectivity index (χ1v) is 45.6. The van der Waals surface area contributed by atoms with Gasteiger partial charge in [-0.15, -0.1) is 6.58 Å². The minimum absolute atomic E-state index is 0.0221. The van der Waals surface area contributed by atoms with Crippen LogP contribution in [0.15, 0.2) is 303 Å². The summed E-state index contributed by atoms with van der Waals surface area (Å²) >= 11 is 3.12. The molecule has 0 saturated heterocycles. The molecule has 0 aliphatic carbocycles. The van der Waals surface area contributed by atoms with Crippen LogP contribution in [0.3, 0.4) is 0 Å². The van der Waals surface area contributed by atoms with Crippen LogP contribution < -0.4 is 58.0 Å². The number of hydrogen-bond donors (Lipinski definition) is 0. The normalized spacial score (nSPS) is 11.3. The summed E-state index contributed by atoms with van der Waals surface area (Å²) in [6, 6.07) is 53.8. The number of benzene rings is 9. The monoisotopic (exact) mass is 1920 g/mol. The van der Waals surface area contributed by atoms with E-state index in [4.69, 9.17) is 51.3 Å². The van der Waals surface area contributed by atoms with Crippen molar-refractivity contribution in [2.75, 3.05) is 68.8 Å². The Bertz CT molecular complexity index is 6880. The molecule has 0 bridgehead atoms. The van der Waals surface area contributed by atoms with Crippen LogP contribution in [0.4, 0.5) is 30.6 Å². The number of carbonyl (C=O) groups excluding carboxylic acids is 1. The third-order valence-electron chi connectivity index (χ3n) is 20.5. The highest BCUT2D eigenvalue weighted by Gasteiger charge is 2.33. The molecule has 6 aromatic heterocycles. The Morgan fingerprint density at radius 1 is 0.409 bits per heavy atom. The van der Waals surface area contributed by atoms with Crippen molar-refractivity contribution in [1.29, 1.82) is 0 Å². The number of aromatic nitrogens is 6. The molecule has 0 amide bonds. The van der Waals surface area contributed by atoms with Crippen molar-refractivity contribution in [2.24, 2.45) is 0 Å². The second-order valence-corrected chi connectivity index (χ2v) is 35.2. The molecule has 0 unspecified atom stereocenters. The molecule has 0 aliphatic heterocycles. The first-order valence-electron chi connectivity index (χ1n) is 40.5. The summed E-state index contributed by atoms with van der Waals surface area (Å²) in [5.74, 6) is 2.47. The largest absolute Gasteiger partial charge is 0.497 e. The predicted octanol–water partition coefficient (Wildman–Crippen LogP) is 17.6. The van der Waals surface area contributed by atoms with Gasteiger partial charge in [0.2, 0.25) is 0 Å². The van der Waals surface area contributed by atoms with E-state index < -0.39 is 64.2 Å². The van der Waals surface area contributed by atoms with E-state index in [0.717, 1.165) is 57.9 Å². The van der Waals surface area contributed by atoms with Crippen LogP contribution in [0.2, 0.25) is 0 Å². The summed E-state index contributed by atoms with van der Waals surface area (Å²) < 4.78 is 192. The molecule has 0 fully saturated rings. The van der Waals surface area contributed by atoms with E-state index in [1.165, 1.54) is 207 Å². The van der Waals surface area contributed by atoms with Crippen LogP contribution in [-0.4, -0.2) is 124 Å². The van der Waals surface area contributed by atoms with Gasteiger partial charge in [0.05, 0.1) is 121 Å². The number of methoxy groups -OCH3 is 6. The van der Waals surface area contributed by atoms with Gasteiger partial charge in [-0.1, -0.05) is 97.2 Å². The van der Waals surface area contributed by atoms with Gasteiger partial charge in [-0.2, -0.15) is 0 Å². The van der Waals surface area contributed by atoms with Gasteiger partial charge in [-0.3, -0.25) is 32.9 Å². The summed E-state index contributed by atoms with van der Waals surface area (Å²) in [5.41, 5.74) is 2.07. The van der Waals surface area contributed by atoms with Crippen molar-refractivity contribution in [3.63, 3.8) is 0 Å². The highest BCUT2D eigenvalue weighted by Crippen LogP contribution is 2.38. The molecular formula is C94H88BBrF3N9O21S3. The molecule has 6 heterocycles. The number of aldehydes is 1. The van der Waals surface area contributed by atoms with Crippen molar-refractivity contribution >= 4 is 116 Å². The molecule has 0 spiro atoms. The summed E-state index contributed by atoms with van der Waals surface area (Å²) in [5, 5.41) is 12.8. The first-order chi connectivity index (χ1) is 63.6. The molecule has 0 atom stereocenters. The fourth-order valence-electron chi connectivity index (χ4n) is 13.6. The average Bonchev–Trinajstić information content (AvgIpc) is 0.824. The standard InChI is InChI=1S/C29H24FN3O6S.C28H22FN3O7S.C27H21BrFN3O6S.C10H21BO2/c1-4-20-16-27(38-3)26(17-24(20)30)33-25-11-10-23(15-21(25)7-12-29(33)34)40(35,36)32(28-13-14-39-31-28)18-19-5-8-22(37-2)9-6-19;1-37-21-6-3-18(4-7-21)16-31(27-11-12-39-30-27)40(35,36)22-8-9-24-19(13-22)5-10-28(34)32(24)25-15-23(29)20(17-33)14-26(25)38-2;1-36-19-6-3-17(4-7-19)16-31(26-11-12-38-30-26)39(34,35)20-8-9-23-18(13-20)5-10-27(33)32(23)24-15-22(29)21(28)14-25(24)37-2;1-4-7-9-12-11(6-3)13-10-8-5-2/h4-17H,1,18H2,2-3H3;3-15,17H,16H2,1-2H3;3-15H,16H2,1-2H3;6H,3-5,7-10H2,1-2H3. The van der Waals surface area contributed by atoms with Crippen LogP contribution in [0, 0.1) is 17.5 Å². The molecule has 38 heteroatoms. The second-order valence-electron chi connectivity index (χ2n) is 28.7. The molecule has 0 radical (unpaired) electrons. The van der Waals surface area contributed by atoms with Gasteiger partial charge in [0.1, 0.15) is 70.7 Å². The molecule has 15 aromatic rings. The number of unbranched alkanes of at least 4 members (excludes halogenated alkanes) is 2. The second kappa shape index (κ2) is 43.9. The molecule has 0 saturated carbocycles. The van der Waals surface area contributed by atoms with Crippen LogP contribution in [0.25, 0.3) is 55.8 Å². The number of pyridine rings is 3. The zero-order valence-corrected chi connectivity index (χ0v) is 76.5. The number of fused-ring (bicyclic) bond motifs is 3. The number of halogens is 4. The average molecular weight is 1920 g/mol. The van der Waals surface area contributed by atoms with Gasteiger partial charge in [-0.25, -0.2) is 51.3 Å². The zero-order chi connectivity index (χ0) is 94.6. The third-order valence-corrected chi connectivity index (χ3v) is 26.3. The van der Waals surface area contributed by atoms with E-state index in [1.54, 1.807) is 93.0 Å². The highest BCUT2D eigenvalue weighted by atomic mass is 79.9. The number of sulfonamides is 3. The Hall–Kier alpha value is -14.3. The topological polar surface area (TPSA) is 347 Å². The summed E-state index contributed by atoms with van der Waals surface area (Å²) in [6.45, 7) is 13.0. The number of anilines is 3. The number of carbonyl (C=O) groups is 1. The third kappa shape index (κ3) is 22.1. The summed E-state index contributed by atoms with van der Waals surface area (Å²) in [7, 11) is -3.91. The van der Waals surface area contributed by atoms with Gasteiger partial charge < -0.3 is 51.3 Å². The summed E-state index contributed by atoms with van der Waals surface area (Å²) in [6.07, 6.45) is 10.0. The Morgan fingerprint density at radius 2 is 0.727 bits per heavy atom. The maximum atomic E-state index is 14.7. The molecule has 30 nitrogen and oxygen atoms in total. The lowest BCUT2D eigenvalue weighted by molar-refractivity contribution is 0.111. The van der Waals surface area contributed by atoms with Gasteiger partial charge in [0.25, 0.3) is 46.7 Å². The van der Waals surface area contributed by atoms with Gasteiger partial charge in [0.15, 0.2) is 23.7 Å². The van der Waals surface area contributed by atoms with E-state index in [1.807, 2.05) is 0 Å². The van der Waals surface area contributed by atoms with E-state index in [0.29, 0.717) is 72.9 Å². The van der Waals surface area contributed by atoms with Gasteiger partial charge in [-0.05, 0) is 173 Å². The van der Waals surface area contributed by atoms with E-state index >= 15 is 0 Å². The van der Waals surface area contributed by atoms with Gasteiger partial charge >= 0.3 is 7.12 Å². The molecule has 15 rings (SSSR count). The van der Waals surface area contributed by atoms with E-state index in [2.05, 4.69) is 58.4 Å². The number of ether oxygens (including phenoxy) is 6. The first kappa shape index (κ1) is 96.8. The molecule has 132 heavy (non-hydrogen) atoms. The highest BCUT2D eigenvalue weighted by molar-refractivity contribution is 9.10. The Morgan fingerprint density at radius 3 is 1.02 bits per heavy atom. The zero-order valence-electron chi connectivity index (χ0n) is 72.4. The Labute approximate surface area is 765 Å². The van der Waals surface area contributed by atoms with E-state index in [9.17, 15) is 57.6 Å². The lowest BCUT2D eigenvalue weighted by atomic mass is 9.91. The van der Waals surface area contributed by atoms with Crippen LogP contribution in [0.5, 0.6) is 34.5 Å². The molecular weight excluding hydrogens is 1830 g/mol. The number of rotatable bonds is 35. The molecule has 0 N–H and O–H groups in total. The number of nitrogens with zero attached hydrogens (tertiary/aromatic N) is 9. The smallest absolute Gasteiger partial charge is 0.485 e. The Kier molecular flexibility index (Phi) is 32.2. The predicted molar refractivity (Wildman–Crippen MR) is 498 cm³/mol. The number of hydrogen-bond acceptors (Lipinski definition) is 24. The summed E-state index contributed by atoms with van der Waals surface area (Å²) in [4.78, 5) is 49.9. The maximum Gasteiger partial charge on any atom is 0.485 e. The van der Waals surface area contributed by atoms with Gasteiger partial charge in [0, 0.05) is 89.5 Å². The van der Waals surface area contributed by atoms with Crippen molar-refractivity contribution in [2.45, 2.75) is 73.9 Å². The van der Waals surface area contributed by atoms with Crippen LogP contribution in [-0.2, 0) is 59.0 Å². The van der Waals surface area contributed by atoms with Crippen LogP contribution in [0.1, 0.15) is 72.1 Å². The minimum atomic E-state index is -4.18. The van der Waals surface area contributed by atoms with Crippen molar-refractivity contribution < 1.29 is 94.5 Å².